The molecule has 2 aromatic rings. The maximum Gasteiger partial charge on any atom is 0.238 e. The fourth-order valence-electron chi connectivity index (χ4n) is 1.69. The molecule has 6 nitrogen and oxygen atoms in total. The molecular formula is C13H14N4O2. The van der Waals surface area contributed by atoms with Gasteiger partial charge in [0.15, 0.2) is 5.78 Å². The van der Waals surface area contributed by atoms with Gasteiger partial charge in [-0.05, 0) is 19.1 Å². The van der Waals surface area contributed by atoms with Crippen molar-refractivity contribution in [2.24, 2.45) is 5.73 Å². The van der Waals surface area contributed by atoms with Gasteiger partial charge in [-0.2, -0.15) is 5.10 Å². The standard InChI is InChI=1S/C13H14N4O2/c1-8-2-3-11(17-12(18)5-14)10(4-8)13(19)9-6-15-16-7-9/h2-4,6-7H,5,14H2,1H3,(H,15,16)(H,17,18). The zero-order chi connectivity index (χ0) is 13.8. The molecular weight excluding hydrogens is 244 g/mol. The van der Waals surface area contributed by atoms with Crippen molar-refractivity contribution in [3.63, 3.8) is 0 Å². The Morgan fingerprint density at radius 3 is 2.84 bits per heavy atom. The number of rotatable bonds is 4. The van der Waals surface area contributed by atoms with Gasteiger partial charge in [0.1, 0.15) is 0 Å². The number of carbonyl (C=O) groups is 2. The quantitative estimate of drug-likeness (QED) is 0.707. The van der Waals surface area contributed by atoms with Gasteiger partial charge in [0.25, 0.3) is 0 Å². The van der Waals surface area contributed by atoms with Crippen LogP contribution in [0.3, 0.4) is 0 Å². The summed E-state index contributed by atoms with van der Waals surface area (Å²) < 4.78 is 0. The molecule has 0 spiro atoms. The molecule has 0 aliphatic carbocycles. The highest BCUT2D eigenvalue weighted by atomic mass is 16.2. The monoisotopic (exact) mass is 258 g/mol. The molecule has 98 valence electrons. The molecule has 0 saturated carbocycles. The number of nitrogens with one attached hydrogen (secondary N) is 2. The summed E-state index contributed by atoms with van der Waals surface area (Å²) in [5.74, 6) is -0.546. The molecule has 1 heterocycles. The molecule has 2 rings (SSSR count). The number of nitrogens with two attached hydrogens (primary N) is 1. The molecule has 0 fully saturated rings. The van der Waals surface area contributed by atoms with Crippen molar-refractivity contribution in [1.82, 2.24) is 10.2 Å². The van der Waals surface area contributed by atoms with E-state index in [-0.39, 0.29) is 18.2 Å². The van der Waals surface area contributed by atoms with Crippen LogP contribution in [-0.2, 0) is 4.79 Å². The van der Waals surface area contributed by atoms with Crippen LogP contribution in [0.5, 0.6) is 0 Å². The normalized spacial score (nSPS) is 10.2. The molecule has 1 amide bonds. The first-order valence-corrected chi connectivity index (χ1v) is 5.76. The lowest BCUT2D eigenvalue weighted by molar-refractivity contribution is -0.114. The average molecular weight is 258 g/mol. The van der Waals surface area contributed by atoms with E-state index in [9.17, 15) is 9.59 Å². The lowest BCUT2D eigenvalue weighted by Gasteiger charge is -2.10. The summed E-state index contributed by atoms with van der Waals surface area (Å²) in [5.41, 5.74) is 7.50. The van der Waals surface area contributed by atoms with E-state index in [2.05, 4.69) is 15.5 Å². The third kappa shape index (κ3) is 2.86. The first kappa shape index (κ1) is 13.0. The zero-order valence-corrected chi connectivity index (χ0v) is 10.4. The maximum absolute atomic E-state index is 12.3. The molecule has 0 bridgehead atoms. The van der Waals surface area contributed by atoms with E-state index in [1.165, 1.54) is 12.4 Å². The van der Waals surface area contributed by atoms with Crippen LogP contribution in [0.15, 0.2) is 30.6 Å². The summed E-state index contributed by atoms with van der Waals surface area (Å²) in [7, 11) is 0. The number of hydrogen-bond acceptors (Lipinski definition) is 4. The largest absolute Gasteiger partial charge is 0.324 e. The molecule has 0 aliphatic rings. The highest BCUT2D eigenvalue weighted by Gasteiger charge is 2.16. The van der Waals surface area contributed by atoms with Crippen LogP contribution in [0.1, 0.15) is 21.5 Å². The van der Waals surface area contributed by atoms with Crippen molar-refractivity contribution in [1.29, 1.82) is 0 Å². The van der Waals surface area contributed by atoms with Crippen molar-refractivity contribution < 1.29 is 9.59 Å². The van der Waals surface area contributed by atoms with E-state index in [0.29, 0.717) is 16.8 Å². The van der Waals surface area contributed by atoms with Crippen LogP contribution in [0.25, 0.3) is 0 Å². The van der Waals surface area contributed by atoms with Crippen LogP contribution in [0, 0.1) is 6.92 Å². The van der Waals surface area contributed by atoms with E-state index in [1.807, 2.05) is 13.0 Å². The van der Waals surface area contributed by atoms with Gasteiger partial charge in [0.2, 0.25) is 5.91 Å². The van der Waals surface area contributed by atoms with E-state index < -0.39 is 0 Å². The van der Waals surface area contributed by atoms with E-state index >= 15 is 0 Å². The predicted molar refractivity (Wildman–Crippen MR) is 70.9 cm³/mol. The summed E-state index contributed by atoms with van der Waals surface area (Å²) in [6.07, 6.45) is 2.96. The first-order chi connectivity index (χ1) is 9.11. The van der Waals surface area contributed by atoms with Crippen LogP contribution >= 0.6 is 0 Å². The number of nitrogens with zero attached hydrogens (tertiary/aromatic N) is 1. The van der Waals surface area contributed by atoms with Crippen molar-refractivity contribution in [3.8, 4) is 0 Å². The second kappa shape index (κ2) is 5.45. The number of amides is 1. The topological polar surface area (TPSA) is 101 Å². The number of H-pyrrole nitrogens is 1. The average Bonchev–Trinajstić information content (AvgIpc) is 2.93. The van der Waals surface area contributed by atoms with Gasteiger partial charge in [-0.1, -0.05) is 11.6 Å². The van der Waals surface area contributed by atoms with Crippen molar-refractivity contribution in [2.45, 2.75) is 6.92 Å². The van der Waals surface area contributed by atoms with Gasteiger partial charge in [0.05, 0.1) is 24.0 Å². The molecule has 6 heteroatoms. The number of carbonyl (C=O) groups excluding carboxylic acids is 2. The number of aromatic amines is 1. The third-order valence-electron chi connectivity index (χ3n) is 2.64. The molecule has 0 aliphatic heterocycles. The SMILES string of the molecule is Cc1ccc(NC(=O)CN)c(C(=O)c2cn[nH]c2)c1. The van der Waals surface area contributed by atoms with Crippen LogP contribution in [0.2, 0.25) is 0 Å². The van der Waals surface area contributed by atoms with Gasteiger partial charge < -0.3 is 11.1 Å². The number of ketones is 1. The molecule has 0 radical (unpaired) electrons. The predicted octanol–water partition coefficient (Wildman–Crippen LogP) is 0.846. The number of aryl methyl sites for hydroxylation is 1. The van der Waals surface area contributed by atoms with Gasteiger partial charge >= 0.3 is 0 Å². The Kier molecular flexibility index (Phi) is 3.72. The van der Waals surface area contributed by atoms with Crippen molar-refractivity contribution in [2.75, 3.05) is 11.9 Å². The van der Waals surface area contributed by atoms with E-state index in [4.69, 9.17) is 5.73 Å². The highest BCUT2D eigenvalue weighted by Crippen LogP contribution is 2.20. The Bertz CT molecular complexity index is 605. The number of aromatic nitrogens is 2. The molecule has 1 aromatic heterocycles. The number of anilines is 1. The van der Waals surface area contributed by atoms with Crippen LogP contribution in [-0.4, -0.2) is 28.4 Å². The minimum Gasteiger partial charge on any atom is -0.324 e. The van der Waals surface area contributed by atoms with Gasteiger partial charge in [-0.3, -0.25) is 14.7 Å². The molecule has 19 heavy (non-hydrogen) atoms. The number of hydrogen-bond donors (Lipinski definition) is 3. The second-order valence-corrected chi connectivity index (χ2v) is 4.12. The summed E-state index contributed by atoms with van der Waals surface area (Å²) >= 11 is 0. The first-order valence-electron chi connectivity index (χ1n) is 5.76. The Morgan fingerprint density at radius 2 is 2.21 bits per heavy atom. The summed E-state index contributed by atoms with van der Waals surface area (Å²) in [6, 6.07) is 5.23. The molecule has 0 unspecified atom stereocenters. The second-order valence-electron chi connectivity index (χ2n) is 4.12. The van der Waals surface area contributed by atoms with Gasteiger partial charge in [-0.25, -0.2) is 0 Å². The lowest BCUT2D eigenvalue weighted by Crippen LogP contribution is -2.23. The van der Waals surface area contributed by atoms with Gasteiger partial charge in [-0.15, -0.1) is 0 Å². The summed E-state index contributed by atoms with van der Waals surface area (Å²) in [6.45, 7) is 1.74. The fraction of sp³-hybridized carbons (Fsp3) is 0.154. The third-order valence-corrected chi connectivity index (χ3v) is 2.64. The Morgan fingerprint density at radius 1 is 1.42 bits per heavy atom. The molecule has 0 atom stereocenters. The van der Waals surface area contributed by atoms with E-state index in [0.717, 1.165) is 5.56 Å². The van der Waals surface area contributed by atoms with Crippen molar-refractivity contribution in [3.05, 3.63) is 47.3 Å². The molecule has 0 saturated heterocycles. The number of benzene rings is 1. The lowest BCUT2D eigenvalue weighted by atomic mass is 10.0. The minimum atomic E-state index is -0.343. The minimum absolute atomic E-state index is 0.132. The Hall–Kier alpha value is -2.47. The highest BCUT2D eigenvalue weighted by molar-refractivity contribution is 6.13. The maximum atomic E-state index is 12.3. The van der Waals surface area contributed by atoms with E-state index in [1.54, 1.807) is 12.1 Å². The van der Waals surface area contributed by atoms with Gasteiger partial charge in [0, 0.05) is 11.8 Å². The van der Waals surface area contributed by atoms with Crippen LogP contribution in [0.4, 0.5) is 5.69 Å². The smallest absolute Gasteiger partial charge is 0.238 e. The van der Waals surface area contributed by atoms with Crippen molar-refractivity contribution >= 4 is 17.4 Å². The summed E-state index contributed by atoms with van der Waals surface area (Å²) in [4.78, 5) is 23.7. The Labute approximate surface area is 110 Å². The Balaban J connectivity index is 2.40. The van der Waals surface area contributed by atoms with Crippen LogP contribution < -0.4 is 11.1 Å². The summed E-state index contributed by atoms with van der Waals surface area (Å²) in [5, 5.41) is 8.95. The molecule has 4 N–H and O–H groups in total. The molecule has 1 aromatic carbocycles. The fourth-order valence-corrected chi connectivity index (χ4v) is 1.69. The zero-order valence-electron chi connectivity index (χ0n) is 10.4.